The molecule has 0 saturated heterocycles. The van der Waals surface area contributed by atoms with Gasteiger partial charge in [-0.05, 0) is 32.0 Å². The van der Waals surface area contributed by atoms with E-state index in [4.69, 9.17) is 0 Å². The summed E-state index contributed by atoms with van der Waals surface area (Å²) in [6.45, 7) is 3.91. The molecular weight excluding hydrogens is 236 g/mol. The lowest BCUT2D eigenvalue weighted by Gasteiger charge is -2.02. The first kappa shape index (κ1) is 11.7. The van der Waals surface area contributed by atoms with E-state index >= 15 is 0 Å². The predicted octanol–water partition coefficient (Wildman–Crippen LogP) is 3.41. The van der Waals surface area contributed by atoms with Gasteiger partial charge in [-0.3, -0.25) is 4.79 Å². The molecule has 0 bridgehead atoms. The molecule has 0 amide bonds. The van der Waals surface area contributed by atoms with Crippen molar-refractivity contribution in [3.63, 3.8) is 0 Å². The zero-order valence-electron chi connectivity index (χ0n) is 10.9. The van der Waals surface area contributed by atoms with Crippen LogP contribution in [-0.2, 0) is 0 Å². The fourth-order valence-corrected chi connectivity index (χ4v) is 2.15. The second kappa shape index (κ2) is 4.35. The molecule has 0 saturated carbocycles. The summed E-state index contributed by atoms with van der Waals surface area (Å²) in [5.41, 5.74) is 4.32. The van der Waals surface area contributed by atoms with Crippen molar-refractivity contribution in [1.29, 1.82) is 0 Å². The van der Waals surface area contributed by atoms with E-state index in [-0.39, 0.29) is 5.78 Å². The first-order chi connectivity index (χ1) is 9.13. The average Bonchev–Trinajstić information content (AvgIpc) is 2.77. The molecule has 0 aliphatic heterocycles. The minimum atomic E-state index is 0.0363. The number of carbonyl (C=O) groups excluding carboxylic acids is 1. The molecular formula is C16H14N2O. The molecule has 3 aromatic rings. The maximum Gasteiger partial charge on any atom is 0.193 e. The normalized spacial score (nSPS) is 10.8. The van der Waals surface area contributed by atoms with Crippen molar-refractivity contribution in [3.8, 4) is 0 Å². The minimum Gasteiger partial charge on any atom is -0.342 e. The molecule has 3 heteroatoms. The van der Waals surface area contributed by atoms with Gasteiger partial charge in [0.05, 0.1) is 11.0 Å². The Labute approximate surface area is 111 Å². The van der Waals surface area contributed by atoms with Crippen LogP contribution in [0, 0.1) is 13.8 Å². The van der Waals surface area contributed by atoms with Gasteiger partial charge in [-0.25, -0.2) is 4.98 Å². The summed E-state index contributed by atoms with van der Waals surface area (Å²) in [5.74, 6) is 0.893. The quantitative estimate of drug-likeness (QED) is 0.708. The van der Waals surface area contributed by atoms with Crippen molar-refractivity contribution in [1.82, 2.24) is 9.97 Å². The van der Waals surface area contributed by atoms with E-state index in [1.54, 1.807) is 0 Å². The Morgan fingerprint density at radius 3 is 2.42 bits per heavy atom. The average molecular weight is 250 g/mol. The van der Waals surface area contributed by atoms with Gasteiger partial charge < -0.3 is 4.98 Å². The van der Waals surface area contributed by atoms with Gasteiger partial charge in [0, 0.05) is 11.1 Å². The molecule has 0 unspecified atom stereocenters. The largest absolute Gasteiger partial charge is 0.342 e. The van der Waals surface area contributed by atoms with Gasteiger partial charge in [0.1, 0.15) is 5.82 Å². The Balaban J connectivity index is 2.03. The lowest BCUT2D eigenvalue weighted by molar-refractivity contribution is 0.103. The monoisotopic (exact) mass is 250 g/mol. The van der Waals surface area contributed by atoms with Crippen molar-refractivity contribution in [3.05, 3.63) is 65.0 Å². The van der Waals surface area contributed by atoms with E-state index in [0.717, 1.165) is 22.4 Å². The third-order valence-electron chi connectivity index (χ3n) is 3.18. The van der Waals surface area contributed by atoms with Crippen LogP contribution in [0.1, 0.15) is 27.3 Å². The number of hydrogen-bond donors (Lipinski definition) is 1. The van der Waals surface area contributed by atoms with Gasteiger partial charge >= 0.3 is 0 Å². The summed E-state index contributed by atoms with van der Waals surface area (Å²) in [4.78, 5) is 19.9. The van der Waals surface area contributed by atoms with Crippen molar-refractivity contribution in [2.75, 3.05) is 0 Å². The smallest absolute Gasteiger partial charge is 0.193 e. The number of aryl methyl sites for hydroxylation is 2. The van der Waals surface area contributed by atoms with Crippen LogP contribution in [0.25, 0.3) is 11.0 Å². The highest BCUT2D eigenvalue weighted by atomic mass is 16.1. The van der Waals surface area contributed by atoms with Crippen molar-refractivity contribution < 1.29 is 4.79 Å². The van der Waals surface area contributed by atoms with Crippen LogP contribution in [0.4, 0.5) is 0 Å². The number of ketones is 1. The summed E-state index contributed by atoms with van der Waals surface area (Å²) in [6.07, 6.45) is 0. The zero-order valence-corrected chi connectivity index (χ0v) is 10.9. The number of nitrogens with one attached hydrogen (secondary N) is 1. The topological polar surface area (TPSA) is 45.8 Å². The van der Waals surface area contributed by atoms with E-state index in [0.29, 0.717) is 11.1 Å². The van der Waals surface area contributed by atoms with Crippen LogP contribution in [0.15, 0.2) is 42.5 Å². The molecule has 0 fully saturated rings. The van der Waals surface area contributed by atoms with Crippen LogP contribution in [-0.4, -0.2) is 15.8 Å². The summed E-state index contributed by atoms with van der Waals surface area (Å²) in [5, 5.41) is 0. The number of hydrogen-bond acceptors (Lipinski definition) is 2. The lowest BCUT2D eigenvalue weighted by atomic mass is 10.0. The van der Waals surface area contributed by atoms with Gasteiger partial charge in [-0.1, -0.05) is 29.8 Å². The Morgan fingerprint density at radius 2 is 1.68 bits per heavy atom. The van der Waals surface area contributed by atoms with Crippen LogP contribution < -0.4 is 0 Å². The number of nitrogens with zero attached hydrogens (tertiary/aromatic N) is 1. The van der Waals surface area contributed by atoms with Gasteiger partial charge in [0.25, 0.3) is 0 Å². The highest BCUT2D eigenvalue weighted by Gasteiger charge is 2.10. The maximum absolute atomic E-state index is 12.4. The van der Waals surface area contributed by atoms with Crippen molar-refractivity contribution >= 4 is 16.8 Å². The maximum atomic E-state index is 12.4. The van der Waals surface area contributed by atoms with Crippen LogP contribution in [0.5, 0.6) is 0 Å². The summed E-state index contributed by atoms with van der Waals surface area (Å²) >= 11 is 0. The second-order valence-corrected chi connectivity index (χ2v) is 4.75. The number of aromatic amines is 1. The summed E-state index contributed by atoms with van der Waals surface area (Å²) in [6, 6.07) is 13.2. The summed E-state index contributed by atoms with van der Waals surface area (Å²) in [7, 11) is 0. The molecule has 19 heavy (non-hydrogen) atoms. The number of H-pyrrole nitrogens is 1. The third kappa shape index (κ3) is 2.15. The van der Waals surface area contributed by atoms with Crippen LogP contribution in [0.3, 0.4) is 0 Å². The standard InChI is InChI=1S/C16H14N2O/c1-10-3-5-12(6-4-10)16(19)13-7-8-14-15(9-13)18-11(2)17-14/h3-9H,1-2H3,(H,17,18). The number of aromatic nitrogens is 2. The van der Waals surface area contributed by atoms with Crippen LogP contribution >= 0.6 is 0 Å². The number of rotatable bonds is 2. The fourth-order valence-electron chi connectivity index (χ4n) is 2.15. The summed E-state index contributed by atoms with van der Waals surface area (Å²) < 4.78 is 0. The van der Waals surface area contributed by atoms with Gasteiger partial charge in [-0.2, -0.15) is 0 Å². The van der Waals surface area contributed by atoms with Crippen LogP contribution in [0.2, 0.25) is 0 Å². The van der Waals surface area contributed by atoms with Gasteiger partial charge in [-0.15, -0.1) is 0 Å². The molecule has 3 rings (SSSR count). The number of imidazole rings is 1. The predicted molar refractivity (Wildman–Crippen MR) is 75.4 cm³/mol. The van der Waals surface area contributed by atoms with E-state index in [1.165, 1.54) is 0 Å². The van der Waals surface area contributed by atoms with E-state index in [1.807, 2.05) is 56.3 Å². The molecule has 1 N–H and O–H groups in total. The Morgan fingerprint density at radius 1 is 1.00 bits per heavy atom. The number of carbonyl (C=O) groups is 1. The van der Waals surface area contributed by atoms with E-state index in [2.05, 4.69) is 9.97 Å². The molecule has 0 radical (unpaired) electrons. The molecule has 0 aliphatic rings. The molecule has 0 aliphatic carbocycles. The van der Waals surface area contributed by atoms with E-state index < -0.39 is 0 Å². The minimum absolute atomic E-state index is 0.0363. The molecule has 0 atom stereocenters. The highest BCUT2D eigenvalue weighted by Crippen LogP contribution is 2.17. The van der Waals surface area contributed by atoms with Gasteiger partial charge in [0.2, 0.25) is 0 Å². The number of benzene rings is 2. The Bertz CT molecular complexity index is 754. The second-order valence-electron chi connectivity index (χ2n) is 4.75. The first-order valence-electron chi connectivity index (χ1n) is 6.21. The molecule has 1 aromatic heterocycles. The Kier molecular flexibility index (Phi) is 2.67. The molecule has 94 valence electrons. The molecule has 0 spiro atoms. The SMILES string of the molecule is Cc1ccc(C(=O)c2ccc3nc(C)[nH]c3c2)cc1. The third-order valence-corrected chi connectivity index (χ3v) is 3.18. The number of fused-ring (bicyclic) bond motifs is 1. The highest BCUT2D eigenvalue weighted by molar-refractivity contribution is 6.10. The lowest BCUT2D eigenvalue weighted by Crippen LogP contribution is -2.00. The van der Waals surface area contributed by atoms with E-state index in [9.17, 15) is 4.79 Å². The van der Waals surface area contributed by atoms with Gasteiger partial charge in [0.15, 0.2) is 5.78 Å². The van der Waals surface area contributed by atoms with Crippen molar-refractivity contribution in [2.24, 2.45) is 0 Å². The molecule has 1 heterocycles. The Hall–Kier alpha value is -2.42. The molecule has 2 aromatic carbocycles. The fraction of sp³-hybridized carbons (Fsp3) is 0.125. The zero-order chi connectivity index (χ0) is 13.4. The molecule has 3 nitrogen and oxygen atoms in total. The van der Waals surface area contributed by atoms with Crippen molar-refractivity contribution in [2.45, 2.75) is 13.8 Å². The first-order valence-corrected chi connectivity index (χ1v) is 6.21.